The molecule has 1 saturated heterocycles. The molecule has 1 aromatic heterocycles. The van der Waals surface area contributed by atoms with Crippen LogP contribution in [-0.2, 0) is 10.0 Å². The van der Waals surface area contributed by atoms with Gasteiger partial charge in [-0.3, -0.25) is 0 Å². The number of piperidine rings is 1. The van der Waals surface area contributed by atoms with Crippen molar-refractivity contribution in [1.82, 2.24) is 15.3 Å². The standard InChI is InChI=1S/C16H19FN4O4S/c1-10-15(24-11-4-6-19-7-5-11)20-9-21-16(10)25-14-3-2-12(8-13(14)17)26(18,22)23/h2-3,8-9,11,19H,4-7H2,1H3,(H2,18,22,23). The highest BCUT2D eigenvalue weighted by molar-refractivity contribution is 7.89. The molecule has 1 aliphatic rings. The van der Waals surface area contributed by atoms with E-state index >= 15 is 0 Å². The van der Waals surface area contributed by atoms with Crippen molar-refractivity contribution in [3.05, 3.63) is 35.9 Å². The van der Waals surface area contributed by atoms with Crippen molar-refractivity contribution >= 4 is 10.0 Å². The summed E-state index contributed by atoms with van der Waals surface area (Å²) in [6.45, 7) is 3.46. The molecule has 0 aliphatic carbocycles. The largest absolute Gasteiger partial charge is 0.474 e. The first kappa shape index (κ1) is 18.5. The van der Waals surface area contributed by atoms with Crippen LogP contribution >= 0.6 is 0 Å². The topological polar surface area (TPSA) is 116 Å². The van der Waals surface area contributed by atoms with Crippen LogP contribution < -0.4 is 19.9 Å². The molecule has 0 atom stereocenters. The van der Waals surface area contributed by atoms with Gasteiger partial charge in [-0.05, 0) is 51.1 Å². The molecule has 0 unspecified atom stereocenters. The summed E-state index contributed by atoms with van der Waals surface area (Å²) in [5, 5.41) is 8.23. The third-order valence-corrected chi connectivity index (χ3v) is 4.91. The van der Waals surface area contributed by atoms with E-state index in [-0.39, 0.29) is 22.6 Å². The number of hydrogen-bond acceptors (Lipinski definition) is 7. The Morgan fingerprint density at radius 1 is 1.23 bits per heavy atom. The van der Waals surface area contributed by atoms with Gasteiger partial charge in [-0.2, -0.15) is 0 Å². The van der Waals surface area contributed by atoms with E-state index in [1.54, 1.807) is 6.92 Å². The molecule has 0 amide bonds. The molecule has 3 rings (SSSR count). The molecule has 3 N–H and O–H groups in total. The van der Waals surface area contributed by atoms with Crippen LogP contribution in [0, 0.1) is 12.7 Å². The minimum Gasteiger partial charge on any atom is -0.474 e. The minimum absolute atomic E-state index is 0.0449. The predicted octanol–water partition coefficient (Wildman–Crippen LogP) is 1.49. The number of rotatable bonds is 5. The van der Waals surface area contributed by atoms with Gasteiger partial charge < -0.3 is 14.8 Å². The first-order valence-electron chi connectivity index (χ1n) is 8.04. The summed E-state index contributed by atoms with van der Waals surface area (Å²) < 4.78 is 48.1. The summed E-state index contributed by atoms with van der Waals surface area (Å²) in [5.74, 6) is -0.531. The van der Waals surface area contributed by atoms with Gasteiger partial charge in [0.05, 0.1) is 10.5 Å². The molecular formula is C16H19FN4O4S. The number of ether oxygens (including phenoxy) is 2. The van der Waals surface area contributed by atoms with Gasteiger partial charge in [0.15, 0.2) is 11.6 Å². The number of hydrogen-bond donors (Lipinski definition) is 2. The van der Waals surface area contributed by atoms with Gasteiger partial charge in [-0.25, -0.2) is 27.9 Å². The molecule has 26 heavy (non-hydrogen) atoms. The molecule has 0 radical (unpaired) electrons. The number of nitrogens with zero attached hydrogens (tertiary/aromatic N) is 2. The Morgan fingerprint density at radius 2 is 1.92 bits per heavy atom. The minimum atomic E-state index is -3.99. The fourth-order valence-electron chi connectivity index (χ4n) is 2.56. The summed E-state index contributed by atoms with van der Waals surface area (Å²) in [5.41, 5.74) is 0.529. The maximum absolute atomic E-state index is 14.1. The van der Waals surface area contributed by atoms with Crippen LogP contribution in [-0.4, -0.2) is 37.6 Å². The number of nitrogens with two attached hydrogens (primary N) is 1. The average molecular weight is 382 g/mol. The summed E-state index contributed by atoms with van der Waals surface area (Å²) in [4.78, 5) is 7.79. The Bertz CT molecular complexity index is 901. The maximum Gasteiger partial charge on any atom is 0.238 e. The molecule has 1 fully saturated rings. The second kappa shape index (κ2) is 7.52. The first-order valence-corrected chi connectivity index (χ1v) is 9.58. The van der Waals surface area contributed by atoms with Gasteiger partial charge in [-0.15, -0.1) is 0 Å². The van der Waals surface area contributed by atoms with E-state index in [1.165, 1.54) is 12.4 Å². The molecule has 0 spiro atoms. The van der Waals surface area contributed by atoms with Crippen molar-refractivity contribution < 1.29 is 22.3 Å². The summed E-state index contributed by atoms with van der Waals surface area (Å²) in [6.07, 6.45) is 3.05. The third kappa shape index (κ3) is 4.26. The van der Waals surface area contributed by atoms with Gasteiger partial charge in [0.25, 0.3) is 0 Å². The van der Waals surface area contributed by atoms with Crippen molar-refractivity contribution in [1.29, 1.82) is 0 Å². The quantitative estimate of drug-likeness (QED) is 0.805. The Morgan fingerprint density at radius 3 is 2.58 bits per heavy atom. The predicted molar refractivity (Wildman–Crippen MR) is 91.1 cm³/mol. The van der Waals surface area contributed by atoms with Crippen LogP contribution in [0.3, 0.4) is 0 Å². The van der Waals surface area contributed by atoms with E-state index in [0.717, 1.165) is 38.1 Å². The summed E-state index contributed by atoms with van der Waals surface area (Å²) in [7, 11) is -3.99. The van der Waals surface area contributed by atoms with E-state index in [2.05, 4.69) is 15.3 Å². The molecule has 2 aromatic rings. The highest BCUT2D eigenvalue weighted by Crippen LogP contribution is 2.30. The van der Waals surface area contributed by atoms with E-state index in [0.29, 0.717) is 11.4 Å². The second-order valence-corrected chi connectivity index (χ2v) is 7.48. The van der Waals surface area contributed by atoms with Crippen LogP contribution in [0.2, 0.25) is 0 Å². The lowest BCUT2D eigenvalue weighted by Crippen LogP contribution is -2.34. The molecule has 0 bridgehead atoms. The molecule has 140 valence electrons. The zero-order chi connectivity index (χ0) is 18.7. The van der Waals surface area contributed by atoms with E-state index < -0.39 is 15.8 Å². The summed E-state index contributed by atoms with van der Waals surface area (Å²) >= 11 is 0. The number of nitrogens with one attached hydrogen (secondary N) is 1. The van der Waals surface area contributed by atoms with Crippen molar-refractivity contribution in [3.63, 3.8) is 0 Å². The highest BCUT2D eigenvalue weighted by atomic mass is 32.2. The third-order valence-electron chi connectivity index (χ3n) is 3.99. The van der Waals surface area contributed by atoms with Crippen LogP contribution in [0.5, 0.6) is 17.5 Å². The molecule has 0 saturated carbocycles. The monoisotopic (exact) mass is 382 g/mol. The molecule has 8 nitrogen and oxygen atoms in total. The van der Waals surface area contributed by atoms with Crippen LogP contribution in [0.15, 0.2) is 29.4 Å². The van der Waals surface area contributed by atoms with E-state index in [9.17, 15) is 12.8 Å². The number of primary sulfonamides is 1. The fraction of sp³-hybridized carbons (Fsp3) is 0.375. The number of sulfonamides is 1. The smallest absolute Gasteiger partial charge is 0.238 e. The fourth-order valence-corrected chi connectivity index (χ4v) is 3.08. The molecule has 1 aromatic carbocycles. The van der Waals surface area contributed by atoms with E-state index in [4.69, 9.17) is 14.6 Å². The lowest BCUT2D eigenvalue weighted by Gasteiger charge is -2.24. The van der Waals surface area contributed by atoms with Gasteiger partial charge >= 0.3 is 0 Å². The van der Waals surface area contributed by atoms with Crippen LogP contribution in [0.25, 0.3) is 0 Å². The molecule has 10 heteroatoms. The highest BCUT2D eigenvalue weighted by Gasteiger charge is 2.19. The number of halogens is 1. The Kier molecular flexibility index (Phi) is 5.35. The van der Waals surface area contributed by atoms with Crippen molar-refractivity contribution in [2.24, 2.45) is 5.14 Å². The Hall–Kier alpha value is -2.30. The SMILES string of the molecule is Cc1c(Oc2ccc(S(N)(=O)=O)cc2F)ncnc1OC1CCNCC1. The van der Waals surface area contributed by atoms with Crippen molar-refractivity contribution in [2.75, 3.05) is 13.1 Å². The average Bonchev–Trinajstić information content (AvgIpc) is 2.60. The lowest BCUT2D eigenvalue weighted by molar-refractivity contribution is 0.154. The molecule has 1 aliphatic heterocycles. The zero-order valence-electron chi connectivity index (χ0n) is 14.1. The Labute approximate surface area is 150 Å². The second-order valence-electron chi connectivity index (χ2n) is 5.92. The molecular weight excluding hydrogens is 363 g/mol. The van der Waals surface area contributed by atoms with Gasteiger partial charge in [0, 0.05) is 0 Å². The van der Waals surface area contributed by atoms with Gasteiger partial charge in [0.2, 0.25) is 21.8 Å². The van der Waals surface area contributed by atoms with Crippen LogP contribution in [0.4, 0.5) is 4.39 Å². The summed E-state index contributed by atoms with van der Waals surface area (Å²) in [6, 6.07) is 3.15. The molecule has 2 heterocycles. The Balaban J connectivity index is 1.81. The first-order chi connectivity index (χ1) is 12.3. The normalized spacial score (nSPS) is 15.7. The van der Waals surface area contributed by atoms with E-state index in [1.807, 2.05) is 0 Å². The number of benzene rings is 1. The van der Waals surface area contributed by atoms with Crippen molar-refractivity contribution in [2.45, 2.75) is 30.8 Å². The van der Waals surface area contributed by atoms with Crippen molar-refractivity contribution in [3.8, 4) is 17.5 Å². The zero-order valence-corrected chi connectivity index (χ0v) is 14.9. The van der Waals surface area contributed by atoms with Gasteiger partial charge in [0.1, 0.15) is 12.4 Å². The maximum atomic E-state index is 14.1. The lowest BCUT2D eigenvalue weighted by atomic mass is 10.1. The van der Waals surface area contributed by atoms with Crippen LogP contribution in [0.1, 0.15) is 18.4 Å². The number of aromatic nitrogens is 2. The van der Waals surface area contributed by atoms with Gasteiger partial charge in [-0.1, -0.05) is 0 Å².